The molecule has 2 heterocycles. The predicted molar refractivity (Wildman–Crippen MR) is 143 cm³/mol. The Morgan fingerprint density at radius 1 is 1.27 bits per heavy atom. The number of ether oxygens (including phenoxy) is 3. The molecule has 1 fully saturated rings. The second kappa shape index (κ2) is 12.7. The van der Waals surface area contributed by atoms with Crippen LogP contribution in [0.1, 0.15) is 45.2 Å². The van der Waals surface area contributed by atoms with Crippen LogP contribution < -0.4 is 15.8 Å². The van der Waals surface area contributed by atoms with Gasteiger partial charge in [0.1, 0.15) is 35.4 Å². The lowest BCUT2D eigenvalue weighted by atomic mass is 9.79. The molecule has 2 aromatic rings. The Bertz CT molecular complexity index is 1420. The zero-order valence-corrected chi connectivity index (χ0v) is 22.8. The van der Waals surface area contributed by atoms with Gasteiger partial charge in [0.2, 0.25) is 6.29 Å². The van der Waals surface area contributed by atoms with Gasteiger partial charge in [-0.15, -0.1) is 12.8 Å². The fraction of sp³-hybridized carbons (Fsp3) is 0.464. The van der Waals surface area contributed by atoms with Gasteiger partial charge >= 0.3 is 11.7 Å². The number of carbonyl (C=O) groups is 1. The summed E-state index contributed by atoms with van der Waals surface area (Å²) in [5.41, 5.74) is 0.650. The molecule has 0 spiro atoms. The SMILES string of the molecule is C#CCO/N=C(\C)c1c(O)c2ccc(OC3O[C@@](C)(CC)[C@H](C)[C@@H](OC(=O)NOCC#C)[C@H]3O)c(C)c2oc1=O. The highest BCUT2D eigenvalue weighted by Crippen LogP contribution is 2.40. The van der Waals surface area contributed by atoms with Crippen LogP contribution >= 0.6 is 0 Å². The van der Waals surface area contributed by atoms with Crippen molar-refractivity contribution in [1.29, 1.82) is 0 Å². The molecule has 1 aromatic heterocycles. The van der Waals surface area contributed by atoms with Crippen LogP contribution in [0.2, 0.25) is 0 Å². The molecule has 214 valence electrons. The number of rotatable bonds is 9. The van der Waals surface area contributed by atoms with Gasteiger partial charge in [0.25, 0.3) is 0 Å². The Hall–Kier alpha value is -4.23. The summed E-state index contributed by atoms with van der Waals surface area (Å²) in [5, 5.41) is 25.9. The fourth-order valence-electron chi connectivity index (χ4n) is 4.35. The molecule has 5 atom stereocenters. The van der Waals surface area contributed by atoms with Gasteiger partial charge in [0.05, 0.1) is 16.7 Å². The maximum absolute atomic E-state index is 12.7. The van der Waals surface area contributed by atoms with E-state index in [2.05, 4.69) is 22.5 Å². The fourth-order valence-corrected chi connectivity index (χ4v) is 4.35. The quantitative estimate of drug-likeness (QED) is 0.138. The number of aryl methyl sites for hydroxylation is 1. The Morgan fingerprint density at radius 2 is 1.98 bits per heavy atom. The average molecular weight is 557 g/mol. The number of aliphatic hydroxyl groups is 1. The van der Waals surface area contributed by atoms with Crippen LogP contribution in [0.4, 0.5) is 4.79 Å². The first-order chi connectivity index (χ1) is 19.0. The van der Waals surface area contributed by atoms with Crippen molar-refractivity contribution < 1.29 is 43.3 Å². The number of benzene rings is 1. The molecule has 40 heavy (non-hydrogen) atoms. The van der Waals surface area contributed by atoms with Crippen molar-refractivity contribution in [3.8, 4) is 36.2 Å². The third-order valence-electron chi connectivity index (χ3n) is 6.91. The number of nitrogens with one attached hydrogen (secondary N) is 1. The zero-order valence-electron chi connectivity index (χ0n) is 22.8. The molecule has 1 aliphatic rings. The first-order valence-corrected chi connectivity index (χ1v) is 12.4. The molecule has 1 aromatic carbocycles. The van der Waals surface area contributed by atoms with Crippen LogP contribution in [0.15, 0.2) is 26.5 Å². The summed E-state index contributed by atoms with van der Waals surface area (Å²) in [6.07, 6.45) is 6.07. The minimum absolute atomic E-state index is 0.0517. The summed E-state index contributed by atoms with van der Waals surface area (Å²) >= 11 is 0. The van der Waals surface area contributed by atoms with Crippen molar-refractivity contribution in [3.05, 3.63) is 33.7 Å². The van der Waals surface area contributed by atoms with Gasteiger partial charge < -0.3 is 33.7 Å². The number of hydroxylamine groups is 1. The average Bonchev–Trinajstić information content (AvgIpc) is 2.92. The van der Waals surface area contributed by atoms with Crippen molar-refractivity contribution >= 4 is 22.8 Å². The highest BCUT2D eigenvalue weighted by molar-refractivity contribution is 6.04. The van der Waals surface area contributed by atoms with Gasteiger partial charge in [-0.1, -0.05) is 30.8 Å². The van der Waals surface area contributed by atoms with E-state index in [4.69, 9.17) is 41.1 Å². The lowest BCUT2D eigenvalue weighted by Gasteiger charge is -2.48. The van der Waals surface area contributed by atoms with E-state index in [1.54, 1.807) is 13.8 Å². The van der Waals surface area contributed by atoms with Crippen molar-refractivity contribution in [2.24, 2.45) is 11.1 Å². The number of terminal acetylenes is 2. The number of oxime groups is 1. The molecule has 1 amide bonds. The molecule has 1 saturated heterocycles. The first-order valence-electron chi connectivity index (χ1n) is 12.4. The molecule has 0 aliphatic carbocycles. The van der Waals surface area contributed by atoms with Crippen molar-refractivity contribution in [2.45, 2.75) is 65.1 Å². The Kier molecular flexibility index (Phi) is 9.66. The van der Waals surface area contributed by atoms with E-state index in [0.29, 0.717) is 12.0 Å². The molecule has 0 saturated carbocycles. The van der Waals surface area contributed by atoms with Crippen molar-refractivity contribution in [3.63, 3.8) is 0 Å². The van der Waals surface area contributed by atoms with Gasteiger partial charge in [0, 0.05) is 11.5 Å². The standard InChI is InChI=1S/C28H32N2O10/c1-8-13-35-29-17(6)20-21(31)18-11-12-19(15(4)23(18)38-25(20)33)37-26-22(32)24(16(5)28(7,10-3)40-26)39-27(34)30-36-14-9-2/h1-2,11-12,16,22,24,26,31-32H,10,13-14H2,3-7H3,(H,30,34)/b29-17+/t16-,22-,24-,26?,28+/m1/s1. The summed E-state index contributed by atoms with van der Waals surface area (Å²) in [6.45, 7) is 8.27. The molecule has 12 heteroatoms. The lowest BCUT2D eigenvalue weighted by molar-refractivity contribution is -0.290. The number of hydrogen-bond acceptors (Lipinski definition) is 11. The van der Waals surface area contributed by atoms with Crippen LogP contribution in [-0.2, 0) is 19.1 Å². The van der Waals surface area contributed by atoms with E-state index >= 15 is 0 Å². The number of aromatic hydroxyl groups is 1. The number of hydrogen-bond donors (Lipinski definition) is 3. The molecule has 3 N–H and O–H groups in total. The maximum Gasteiger partial charge on any atom is 0.431 e. The summed E-state index contributed by atoms with van der Waals surface area (Å²) in [5.74, 6) is 3.84. The largest absolute Gasteiger partial charge is 0.506 e. The molecule has 1 unspecified atom stereocenters. The Balaban J connectivity index is 1.94. The second-order valence-corrected chi connectivity index (χ2v) is 9.35. The number of nitrogens with zero attached hydrogens (tertiary/aromatic N) is 1. The smallest absolute Gasteiger partial charge is 0.431 e. The highest BCUT2D eigenvalue weighted by atomic mass is 16.7. The van der Waals surface area contributed by atoms with Gasteiger partial charge in [-0.05, 0) is 39.3 Å². The maximum atomic E-state index is 12.7. The molecule has 0 radical (unpaired) electrons. The molecule has 12 nitrogen and oxygen atoms in total. The third kappa shape index (κ3) is 6.15. The Labute approximate surface area is 231 Å². The third-order valence-corrected chi connectivity index (χ3v) is 6.91. The topological polar surface area (TPSA) is 158 Å². The van der Waals surface area contributed by atoms with Crippen LogP contribution in [-0.4, -0.2) is 59.3 Å². The summed E-state index contributed by atoms with van der Waals surface area (Å²) < 4.78 is 23.1. The number of aliphatic hydroxyl groups excluding tert-OH is 1. The number of fused-ring (bicyclic) bond motifs is 1. The van der Waals surface area contributed by atoms with Gasteiger partial charge in [-0.25, -0.2) is 9.59 Å². The van der Waals surface area contributed by atoms with E-state index < -0.39 is 41.7 Å². The minimum atomic E-state index is -1.41. The predicted octanol–water partition coefficient (Wildman–Crippen LogP) is 2.74. The molecule has 0 bridgehead atoms. The summed E-state index contributed by atoms with van der Waals surface area (Å²) in [7, 11) is 0. The minimum Gasteiger partial charge on any atom is -0.506 e. The Morgan fingerprint density at radius 3 is 2.62 bits per heavy atom. The van der Waals surface area contributed by atoms with Crippen molar-refractivity contribution in [2.75, 3.05) is 13.2 Å². The van der Waals surface area contributed by atoms with E-state index in [1.165, 1.54) is 19.1 Å². The molecular formula is C28H32N2O10. The van der Waals surface area contributed by atoms with E-state index in [-0.39, 0.29) is 47.0 Å². The normalized spacial score (nSPS) is 24.6. The number of amides is 1. The zero-order chi connectivity index (χ0) is 29.6. The highest BCUT2D eigenvalue weighted by Gasteiger charge is 2.52. The van der Waals surface area contributed by atoms with Crippen LogP contribution in [0.25, 0.3) is 11.0 Å². The lowest BCUT2D eigenvalue weighted by Crippen LogP contribution is -2.62. The monoisotopic (exact) mass is 556 g/mol. The molecule has 3 rings (SSSR count). The van der Waals surface area contributed by atoms with Gasteiger partial charge in [-0.3, -0.25) is 4.84 Å². The van der Waals surface area contributed by atoms with E-state index in [0.717, 1.165) is 0 Å². The first kappa shape index (κ1) is 30.3. The van der Waals surface area contributed by atoms with Gasteiger partial charge in [0.15, 0.2) is 12.7 Å². The van der Waals surface area contributed by atoms with E-state index in [1.807, 2.05) is 13.8 Å². The van der Waals surface area contributed by atoms with Crippen LogP contribution in [0, 0.1) is 37.5 Å². The van der Waals surface area contributed by atoms with Gasteiger partial charge in [-0.2, -0.15) is 5.48 Å². The van der Waals surface area contributed by atoms with Crippen LogP contribution in [0.5, 0.6) is 11.5 Å². The van der Waals surface area contributed by atoms with Crippen molar-refractivity contribution in [1.82, 2.24) is 5.48 Å². The summed E-state index contributed by atoms with van der Waals surface area (Å²) in [4.78, 5) is 34.7. The molecular weight excluding hydrogens is 524 g/mol. The second-order valence-electron chi connectivity index (χ2n) is 9.35. The number of carbonyl (C=O) groups excluding carboxylic acids is 1. The van der Waals surface area contributed by atoms with E-state index in [9.17, 15) is 19.8 Å². The van der Waals surface area contributed by atoms with Crippen LogP contribution in [0.3, 0.4) is 0 Å². The molecule has 1 aliphatic heterocycles. The summed E-state index contributed by atoms with van der Waals surface area (Å²) in [6, 6.07) is 3.01.